The van der Waals surface area contributed by atoms with Crippen LogP contribution in [0.25, 0.3) is 11.1 Å². The van der Waals surface area contributed by atoms with Gasteiger partial charge in [-0.1, -0.05) is 25.5 Å². The summed E-state index contributed by atoms with van der Waals surface area (Å²) in [5.74, 6) is -2.96. The highest BCUT2D eigenvalue weighted by Gasteiger charge is 2.28. The van der Waals surface area contributed by atoms with Crippen LogP contribution in [0.1, 0.15) is 37.2 Å². The summed E-state index contributed by atoms with van der Waals surface area (Å²) in [7, 11) is 0. The van der Waals surface area contributed by atoms with Gasteiger partial charge in [0.1, 0.15) is 24.1 Å². The molecule has 0 bridgehead atoms. The molecule has 1 N–H and O–H groups in total. The van der Waals surface area contributed by atoms with Gasteiger partial charge >= 0.3 is 0 Å². The molecule has 0 aromatic heterocycles. The summed E-state index contributed by atoms with van der Waals surface area (Å²) in [6.45, 7) is 1.28. The van der Waals surface area contributed by atoms with Crippen LogP contribution in [0.3, 0.4) is 0 Å². The van der Waals surface area contributed by atoms with Gasteiger partial charge < -0.3 is 14.6 Å². The van der Waals surface area contributed by atoms with Gasteiger partial charge in [-0.15, -0.1) is 0 Å². The predicted molar refractivity (Wildman–Crippen MR) is 95.6 cm³/mol. The molecule has 0 amide bonds. The Hall–Kier alpha value is -1.96. The molecule has 2 aromatic carbocycles. The van der Waals surface area contributed by atoms with Crippen LogP contribution in [0, 0.1) is 23.4 Å². The van der Waals surface area contributed by atoms with E-state index in [1.54, 1.807) is 6.07 Å². The van der Waals surface area contributed by atoms with Gasteiger partial charge in [0.05, 0.1) is 24.9 Å². The van der Waals surface area contributed by atoms with E-state index in [0.717, 1.165) is 18.6 Å². The molecule has 0 spiro atoms. The van der Waals surface area contributed by atoms with Crippen molar-refractivity contribution in [2.75, 3.05) is 13.2 Å². The molecular formula is C21H22F4O3. The number of aliphatic hydroxyl groups excluding tert-OH is 1. The Kier molecular flexibility index (Phi) is 6.69. The van der Waals surface area contributed by atoms with E-state index in [1.807, 2.05) is 6.92 Å². The summed E-state index contributed by atoms with van der Waals surface area (Å²) >= 11 is 0. The average molecular weight is 398 g/mol. The topological polar surface area (TPSA) is 38.7 Å². The van der Waals surface area contributed by atoms with Crippen LogP contribution in [-0.2, 0) is 16.1 Å². The zero-order chi connectivity index (χ0) is 20.3. The van der Waals surface area contributed by atoms with Gasteiger partial charge in [-0.25, -0.2) is 17.6 Å². The lowest BCUT2D eigenvalue weighted by Gasteiger charge is -2.32. The maximum absolute atomic E-state index is 14.6. The molecule has 1 fully saturated rings. The highest BCUT2D eigenvalue weighted by atomic mass is 19.1. The summed E-state index contributed by atoms with van der Waals surface area (Å²) in [6, 6.07) is 5.91. The number of hydrogen-bond acceptors (Lipinski definition) is 3. The molecule has 2 aromatic rings. The van der Waals surface area contributed by atoms with E-state index in [0.29, 0.717) is 12.0 Å². The van der Waals surface area contributed by atoms with Crippen molar-refractivity contribution in [3.05, 3.63) is 58.9 Å². The normalized spacial score (nSPS) is 20.9. The maximum atomic E-state index is 14.6. The molecule has 0 radical (unpaired) electrons. The Morgan fingerprint density at radius 2 is 1.68 bits per heavy atom. The molecule has 1 saturated heterocycles. The number of ether oxygens (including phenoxy) is 2. The molecule has 7 heteroatoms. The fraction of sp³-hybridized carbons (Fsp3) is 0.429. The van der Waals surface area contributed by atoms with Crippen molar-refractivity contribution in [1.29, 1.82) is 0 Å². The number of rotatable bonds is 6. The SMILES string of the molecule is CCCC(O)C1COC(c2ccc(-c3cc(F)c(CF)c(F)c3)c(F)c2)OC1. The summed E-state index contributed by atoms with van der Waals surface area (Å²) in [5.41, 5.74) is -0.293. The summed E-state index contributed by atoms with van der Waals surface area (Å²) < 4.78 is 66.0. The zero-order valence-electron chi connectivity index (χ0n) is 15.4. The smallest absolute Gasteiger partial charge is 0.183 e. The molecule has 0 saturated carbocycles. The Labute approximate surface area is 160 Å². The minimum absolute atomic E-state index is 0.0148. The molecule has 3 rings (SSSR count). The number of benzene rings is 2. The number of hydrogen-bond donors (Lipinski definition) is 1. The van der Waals surface area contributed by atoms with Crippen LogP contribution >= 0.6 is 0 Å². The molecule has 1 aliphatic heterocycles. The highest BCUT2D eigenvalue weighted by Crippen LogP contribution is 2.32. The monoisotopic (exact) mass is 398 g/mol. The Balaban J connectivity index is 1.75. The fourth-order valence-corrected chi connectivity index (χ4v) is 3.26. The molecule has 1 unspecified atom stereocenters. The van der Waals surface area contributed by atoms with Crippen molar-refractivity contribution >= 4 is 0 Å². The van der Waals surface area contributed by atoms with Gasteiger partial charge in [-0.3, -0.25) is 0 Å². The van der Waals surface area contributed by atoms with Gasteiger partial charge in [0.15, 0.2) is 6.29 Å². The van der Waals surface area contributed by atoms with E-state index in [1.165, 1.54) is 12.1 Å². The minimum Gasteiger partial charge on any atom is -0.393 e. The van der Waals surface area contributed by atoms with E-state index >= 15 is 0 Å². The third-order valence-corrected chi connectivity index (χ3v) is 4.90. The molecule has 3 nitrogen and oxygen atoms in total. The second kappa shape index (κ2) is 9.03. The maximum Gasteiger partial charge on any atom is 0.183 e. The first-order chi connectivity index (χ1) is 13.4. The molecule has 1 aliphatic rings. The molecular weight excluding hydrogens is 376 g/mol. The fourth-order valence-electron chi connectivity index (χ4n) is 3.26. The van der Waals surface area contributed by atoms with E-state index < -0.39 is 42.1 Å². The summed E-state index contributed by atoms with van der Waals surface area (Å²) in [4.78, 5) is 0. The van der Waals surface area contributed by atoms with Gasteiger partial charge in [0.2, 0.25) is 0 Å². The largest absolute Gasteiger partial charge is 0.393 e. The van der Waals surface area contributed by atoms with E-state index in [2.05, 4.69) is 0 Å². The standard InChI is InChI=1S/C21H22F4O3/c1-2-3-20(26)14-10-27-21(28-11-14)12-4-5-15(17(23)6-12)13-7-18(24)16(9-22)19(25)8-13/h4-8,14,20-21,26H,2-3,9-11H2,1H3. The molecule has 0 aliphatic carbocycles. The van der Waals surface area contributed by atoms with Crippen LogP contribution in [0.15, 0.2) is 30.3 Å². The Morgan fingerprint density at radius 3 is 2.21 bits per heavy atom. The third kappa shape index (κ3) is 4.37. The van der Waals surface area contributed by atoms with Crippen LogP contribution in [-0.4, -0.2) is 24.4 Å². The first-order valence-corrected chi connectivity index (χ1v) is 9.19. The van der Waals surface area contributed by atoms with Crippen molar-refractivity contribution in [1.82, 2.24) is 0 Å². The first-order valence-electron chi connectivity index (χ1n) is 9.19. The van der Waals surface area contributed by atoms with Crippen molar-refractivity contribution < 1.29 is 32.1 Å². The molecule has 152 valence electrons. The van der Waals surface area contributed by atoms with E-state index in [9.17, 15) is 22.7 Å². The molecule has 1 atom stereocenters. The predicted octanol–water partition coefficient (Wildman–Crippen LogP) is 5.06. The third-order valence-electron chi connectivity index (χ3n) is 4.90. The van der Waals surface area contributed by atoms with Crippen LogP contribution < -0.4 is 0 Å². The molecule has 28 heavy (non-hydrogen) atoms. The van der Waals surface area contributed by atoms with Crippen molar-refractivity contribution in [2.45, 2.75) is 38.8 Å². The van der Waals surface area contributed by atoms with Gasteiger partial charge in [0, 0.05) is 17.0 Å². The number of alkyl halides is 1. The van der Waals surface area contributed by atoms with Gasteiger partial charge in [-0.05, 0) is 30.2 Å². The second-order valence-electron chi connectivity index (χ2n) is 6.91. The van der Waals surface area contributed by atoms with Crippen molar-refractivity contribution in [3.8, 4) is 11.1 Å². The lowest BCUT2D eigenvalue weighted by molar-refractivity contribution is -0.219. The number of aliphatic hydroxyl groups is 1. The quantitative estimate of drug-likeness (QED) is 0.691. The van der Waals surface area contributed by atoms with Crippen LogP contribution in [0.5, 0.6) is 0 Å². The minimum atomic E-state index is -1.27. The van der Waals surface area contributed by atoms with Crippen molar-refractivity contribution in [2.24, 2.45) is 5.92 Å². The lowest BCUT2D eigenvalue weighted by Crippen LogP contribution is -2.35. The lowest BCUT2D eigenvalue weighted by atomic mass is 9.99. The number of halogens is 4. The van der Waals surface area contributed by atoms with E-state index in [-0.39, 0.29) is 30.3 Å². The van der Waals surface area contributed by atoms with E-state index in [4.69, 9.17) is 9.47 Å². The van der Waals surface area contributed by atoms with Crippen LogP contribution in [0.4, 0.5) is 17.6 Å². The van der Waals surface area contributed by atoms with Gasteiger partial charge in [-0.2, -0.15) is 0 Å². The first kappa shape index (κ1) is 20.8. The summed E-state index contributed by atoms with van der Waals surface area (Å²) in [5, 5.41) is 10.0. The Bertz CT molecular complexity index is 796. The second-order valence-corrected chi connectivity index (χ2v) is 6.91. The Morgan fingerprint density at radius 1 is 1.04 bits per heavy atom. The van der Waals surface area contributed by atoms with Crippen LogP contribution in [0.2, 0.25) is 0 Å². The van der Waals surface area contributed by atoms with Gasteiger partial charge in [0.25, 0.3) is 0 Å². The zero-order valence-corrected chi connectivity index (χ0v) is 15.4. The molecule has 1 heterocycles. The van der Waals surface area contributed by atoms with Crippen molar-refractivity contribution in [3.63, 3.8) is 0 Å². The summed E-state index contributed by atoms with van der Waals surface area (Å²) in [6.07, 6.45) is 0.208. The average Bonchev–Trinajstić information content (AvgIpc) is 2.68. The highest BCUT2D eigenvalue weighted by molar-refractivity contribution is 5.65.